The first-order valence-electron chi connectivity index (χ1n) is 12.7. The molecule has 0 bridgehead atoms. The fourth-order valence-corrected chi connectivity index (χ4v) is 4.91. The summed E-state index contributed by atoms with van der Waals surface area (Å²) in [5.74, 6) is -4.09. The number of hydrogen-bond acceptors (Lipinski definition) is 7. The van der Waals surface area contributed by atoms with Crippen LogP contribution < -0.4 is 5.32 Å². The first kappa shape index (κ1) is 33.3. The Balaban J connectivity index is 0.000000303. The van der Waals surface area contributed by atoms with Crippen LogP contribution in [0.15, 0.2) is 60.8 Å². The van der Waals surface area contributed by atoms with Gasteiger partial charge in [0.25, 0.3) is 0 Å². The smallest absolute Gasteiger partial charge is 0.475 e. The summed E-state index contributed by atoms with van der Waals surface area (Å²) >= 11 is 1.91. The SMILES string of the molecule is Cc1ccc(CN2CCC(c3nc4ccc(Nc5ccccc5)cn4n3)CC2)s1.O=C(O)C(F)(F)F.O=C(O)C(F)(F)F. The van der Waals surface area contributed by atoms with E-state index in [1.54, 1.807) is 0 Å². The minimum Gasteiger partial charge on any atom is -0.475 e. The lowest BCUT2D eigenvalue weighted by atomic mass is 9.96. The summed E-state index contributed by atoms with van der Waals surface area (Å²) in [4.78, 5) is 28.0. The molecule has 1 aromatic carbocycles. The molecule has 1 fully saturated rings. The van der Waals surface area contributed by atoms with E-state index in [9.17, 15) is 26.3 Å². The Labute approximate surface area is 245 Å². The second-order valence-electron chi connectivity index (χ2n) is 9.35. The number of halogens is 6. The Kier molecular flexibility index (Phi) is 11.1. The lowest BCUT2D eigenvalue weighted by Gasteiger charge is -2.30. The number of likely N-dealkylation sites (tertiary alicyclic amines) is 1. The van der Waals surface area contributed by atoms with Gasteiger partial charge in [0.1, 0.15) is 0 Å². The topological polar surface area (TPSA) is 120 Å². The highest BCUT2D eigenvalue weighted by molar-refractivity contribution is 7.11. The molecule has 3 N–H and O–H groups in total. The Bertz CT molecular complexity index is 1480. The number of anilines is 2. The zero-order chi connectivity index (χ0) is 31.8. The molecule has 0 spiro atoms. The number of hydrogen-bond donors (Lipinski definition) is 3. The fraction of sp³-hybridized carbons (Fsp3) is 0.333. The largest absolute Gasteiger partial charge is 0.490 e. The number of rotatable bonds is 5. The third kappa shape index (κ3) is 10.6. The van der Waals surface area contributed by atoms with Crippen LogP contribution in [-0.2, 0) is 16.1 Å². The van der Waals surface area contributed by atoms with Gasteiger partial charge in [-0.25, -0.2) is 19.1 Å². The lowest BCUT2D eigenvalue weighted by molar-refractivity contribution is -0.193. The summed E-state index contributed by atoms with van der Waals surface area (Å²) in [7, 11) is 0. The van der Waals surface area contributed by atoms with E-state index in [1.807, 2.05) is 46.3 Å². The Hall–Kier alpha value is -4.18. The number of piperidine rings is 1. The lowest BCUT2D eigenvalue weighted by Crippen LogP contribution is -2.32. The maximum absolute atomic E-state index is 10.6. The molecule has 3 aromatic heterocycles. The number of pyridine rings is 1. The van der Waals surface area contributed by atoms with Crippen LogP contribution in [0.25, 0.3) is 5.65 Å². The van der Waals surface area contributed by atoms with Gasteiger partial charge in [-0.1, -0.05) is 18.2 Å². The second-order valence-corrected chi connectivity index (χ2v) is 10.7. The summed E-state index contributed by atoms with van der Waals surface area (Å²) < 4.78 is 65.4. The molecule has 5 rings (SSSR count). The summed E-state index contributed by atoms with van der Waals surface area (Å²) in [6, 6.07) is 18.8. The molecule has 0 radical (unpaired) electrons. The quantitative estimate of drug-likeness (QED) is 0.214. The predicted octanol–water partition coefficient (Wildman–Crippen LogP) is 6.49. The van der Waals surface area contributed by atoms with Crippen LogP contribution >= 0.6 is 11.3 Å². The number of nitrogens with zero attached hydrogens (tertiary/aromatic N) is 4. The maximum atomic E-state index is 10.6. The average molecular weight is 632 g/mol. The van der Waals surface area contributed by atoms with Crippen molar-refractivity contribution in [3.8, 4) is 0 Å². The molecule has 9 nitrogen and oxygen atoms in total. The molecule has 4 heterocycles. The summed E-state index contributed by atoms with van der Waals surface area (Å²) in [5, 5.41) is 22.5. The summed E-state index contributed by atoms with van der Waals surface area (Å²) in [6.45, 7) is 5.46. The van der Waals surface area contributed by atoms with Crippen molar-refractivity contribution in [3.63, 3.8) is 0 Å². The standard InChI is InChI=1S/C23H25N5S.2C2HF3O2/c1-17-7-9-21(29-17)16-27-13-11-18(12-14-27)23-25-22-10-8-20(15-28(22)26-23)24-19-5-3-2-4-6-19;2*3-2(4,5)1(6)7/h2-10,15,18,24H,11-14,16H2,1H3;2*(H,6,7). The number of fused-ring (bicyclic) bond motifs is 1. The van der Waals surface area contributed by atoms with Crippen molar-refractivity contribution in [1.82, 2.24) is 19.5 Å². The Morgan fingerprint density at radius 1 is 0.907 bits per heavy atom. The van der Waals surface area contributed by atoms with Crippen molar-refractivity contribution in [1.29, 1.82) is 0 Å². The molecular weight excluding hydrogens is 604 g/mol. The molecule has 43 heavy (non-hydrogen) atoms. The van der Waals surface area contributed by atoms with E-state index in [1.165, 1.54) is 9.75 Å². The van der Waals surface area contributed by atoms with E-state index in [-0.39, 0.29) is 0 Å². The highest BCUT2D eigenvalue weighted by Gasteiger charge is 2.38. The summed E-state index contributed by atoms with van der Waals surface area (Å²) in [6.07, 6.45) is -5.90. The molecule has 1 aliphatic heterocycles. The second kappa shape index (κ2) is 14.3. The van der Waals surface area contributed by atoms with Gasteiger partial charge in [0.05, 0.1) is 11.9 Å². The van der Waals surface area contributed by atoms with Crippen LogP contribution in [0.3, 0.4) is 0 Å². The van der Waals surface area contributed by atoms with E-state index in [4.69, 9.17) is 29.9 Å². The van der Waals surface area contributed by atoms with Crippen molar-refractivity contribution in [3.05, 3.63) is 76.4 Å². The fourth-order valence-electron chi connectivity index (χ4n) is 3.98. The van der Waals surface area contributed by atoms with Crippen LogP contribution in [-0.4, -0.2) is 67.1 Å². The van der Waals surface area contributed by atoms with E-state index in [0.29, 0.717) is 5.92 Å². The molecule has 4 aromatic rings. The predicted molar refractivity (Wildman–Crippen MR) is 146 cm³/mol. The molecule has 232 valence electrons. The number of alkyl halides is 6. The van der Waals surface area contributed by atoms with Crippen molar-refractivity contribution < 1.29 is 46.1 Å². The maximum Gasteiger partial charge on any atom is 0.490 e. The number of carboxylic acids is 2. The van der Waals surface area contributed by atoms with Crippen molar-refractivity contribution >= 4 is 40.3 Å². The van der Waals surface area contributed by atoms with Crippen LogP contribution in [0.1, 0.15) is 34.3 Å². The van der Waals surface area contributed by atoms with E-state index >= 15 is 0 Å². The minimum absolute atomic E-state index is 0.446. The number of aromatic nitrogens is 3. The monoisotopic (exact) mass is 631 g/mol. The van der Waals surface area contributed by atoms with Gasteiger partial charge in [0, 0.05) is 27.9 Å². The average Bonchev–Trinajstić information content (AvgIpc) is 3.55. The molecule has 16 heteroatoms. The Morgan fingerprint density at radius 2 is 1.49 bits per heavy atom. The van der Waals surface area contributed by atoms with Crippen molar-refractivity contribution in [2.45, 2.75) is 44.6 Å². The number of carbonyl (C=O) groups is 2. The molecule has 0 amide bonds. The zero-order valence-corrected chi connectivity index (χ0v) is 23.4. The number of nitrogens with one attached hydrogen (secondary N) is 1. The molecule has 1 saturated heterocycles. The minimum atomic E-state index is -5.08. The third-order valence-corrected chi connectivity index (χ3v) is 7.01. The number of thiophene rings is 1. The number of carboxylic acid groups (broad SMARTS) is 2. The molecule has 0 saturated carbocycles. The van der Waals surface area contributed by atoms with Crippen LogP contribution in [0.4, 0.5) is 37.7 Å². The normalized spacial score (nSPS) is 14.3. The molecule has 0 unspecified atom stereocenters. The van der Waals surface area contributed by atoms with Gasteiger partial charge in [0.2, 0.25) is 0 Å². The van der Waals surface area contributed by atoms with Gasteiger partial charge in [-0.05, 0) is 69.3 Å². The van der Waals surface area contributed by atoms with E-state index < -0.39 is 24.3 Å². The van der Waals surface area contributed by atoms with Gasteiger partial charge in [-0.15, -0.1) is 11.3 Å². The highest BCUT2D eigenvalue weighted by atomic mass is 32.1. The summed E-state index contributed by atoms with van der Waals surface area (Å²) in [5.41, 5.74) is 3.00. The van der Waals surface area contributed by atoms with Crippen LogP contribution in [0, 0.1) is 6.92 Å². The molecular formula is C27H27F6N5O4S. The number of benzene rings is 1. The first-order chi connectivity index (χ1) is 20.1. The van der Waals surface area contributed by atoms with Crippen molar-refractivity contribution in [2.75, 3.05) is 18.4 Å². The van der Waals surface area contributed by atoms with Crippen molar-refractivity contribution in [2.24, 2.45) is 0 Å². The van der Waals surface area contributed by atoms with Gasteiger partial charge in [-0.3, -0.25) is 4.90 Å². The third-order valence-electron chi connectivity index (χ3n) is 6.02. The number of para-hydroxylation sites is 1. The zero-order valence-electron chi connectivity index (χ0n) is 22.6. The van der Waals surface area contributed by atoms with Gasteiger partial charge >= 0.3 is 24.3 Å². The van der Waals surface area contributed by atoms with Crippen LogP contribution in [0.2, 0.25) is 0 Å². The Morgan fingerprint density at radius 3 is 2.00 bits per heavy atom. The van der Waals surface area contributed by atoms with Gasteiger partial charge in [0.15, 0.2) is 11.5 Å². The van der Waals surface area contributed by atoms with Gasteiger partial charge < -0.3 is 15.5 Å². The molecule has 0 atom stereocenters. The van der Waals surface area contributed by atoms with Crippen LogP contribution in [0.5, 0.6) is 0 Å². The number of aryl methyl sites for hydroxylation is 1. The first-order valence-corrected chi connectivity index (χ1v) is 13.5. The van der Waals surface area contributed by atoms with E-state index in [2.05, 4.69) is 47.5 Å². The number of aliphatic carboxylic acids is 2. The molecule has 1 aliphatic rings. The molecule has 0 aliphatic carbocycles. The van der Waals surface area contributed by atoms with Gasteiger partial charge in [-0.2, -0.15) is 31.4 Å². The highest BCUT2D eigenvalue weighted by Crippen LogP contribution is 2.28. The van der Waals surface area contributed by atoms with E-state index in [0.717, 1.165) is 55.3 Å².